The molecule has 3 rings (SSSR count). The van der Waals surface area contributed by atoms with Crippen LogP contribution in [0.1, 0.15) is 41.9 Å². The van der Waals surface area contributed by atoms with E-state index in [1.807, 2.05) is 6.92 Å². The molecule has 0 N–H and O–H groups in total. The van der Waals surface area contributed by atoms with Crippen LogP contribution >= 0.6 is 11.6 Å². The molecule has 1 aromatic carbocycles. The largest absolute Gasteiger partial charge is 0.403 e. The smallest absolute Gasteiger partial charge is 0.294 e. The van der Waals surface area contributed by atoms with Crippen molar-refractivity contribution in [3.8, 4) is 5.95 Å². The van der Waals surface area contributed by atoms with E-state index in [4.69, 9.17) is 11.6 Å². The van der Waals surface area contributed by atoms with Crippen molar-refractivity contribution in [3.05, 3.63) is 59.4 Å². The maximum Gasteiger partial charge on any atom is 0.403 e. The highest BCUT2D eigenvalue weighted by atomic mass is 35.5. The zero-order chi connectivity index (χ0) is 23.5. The van der Waals surface area contributed by atoms with Gasteiger partial charge in [-0.2, -0.15) is 23.0 Å². The van der Waals surface area contributed by atoms with Gasteiger partial charge in [-0.3, -0.25) is 4.79 Å². The average Bonchev–Trinajstić information content (AvgIpc) is 3.20. The molecule has 0 aliphatic heterocycles. The van der Waals surface area contributed by atoms with Gasteiger partial charge < -0.3 is 0 Å². The summed E-state index contributed by atoms with van der Waals surface area (Å²) >= 11 is 5.87. The number of benzene rings is 1. The quantitative estimate of drug-likeness (QED) is 0.444. The highest BCUT2D eigenvalue weighted by Gasteiger charge is 2.36. The van der Waals surface area contributed by atoms with Gasteiger partial charge in [0.2, 0.25) is 0 Å². The molecule has 0 spiro atoms. The fourth-order valence-electron chi connectivity index (χ4n) is 2.96. The van der Waals surface area contributed by atoms with Crippen molar-refractivity contribution < 1.29 is 26.4 Å². The van der Waals surface area contributed by atoms with E-state index in [2.05, 4.69) is 20.1 Å². The lowest BCUT2D eigenvalue weighted by Gasteiger charge is -2.12. The number of alkyl halides is 3. The van der Waals surface area contributed by atoms with Crippen molar-refractivity contribution in [3.63, 3.8) is 0 Å². The molecule has 0 bridgehead atoms. The second-order valence-corrected chi connectivity index (χ2v) is 9.42. The topological polar surface area (TPSA) is 108 Å². The molecule has 0 radical (unpaired) electrons. The predicted molar refractivity (Wildman–Crippen MR) is 108 cm³/mol. The fourth-order valence-corrected chi connectivity index (χ4v) is 4.47. The van der Waals surface area contributed by atoms with Gasteiger partial charge in [0, 0.05) is 35.3 Å². The van der Waals surface area contributed by atoms with Crippen LogP contribution in [0.4, 0.5) is 13.2 Å². The Balaban J connectivity index is 1.75. The first-order valence-electron chi connectivity index (χ1n) is 9.27. The Morgan fingerprint density at radius 1 is 1.16 bits per heavy atom. The zero-order valence-corrected chi connectivity index (χ0v) is 18.2. The van der Waals surface area contributed by atoms with Crippen LogP contribution in [-0.2, 0) is 9.84 Å². The number of hydrogen-bond donors (Lipinski definition) is 0. The van der Waals surface area contributed by atoms with Crippen molar-refractivity contribution in [1.82, 2.24) is 24.7 Å². The molecule has 0 saturated carbocycles. The molecule has 8 nitrogen and oxygen atoms in total. The van der Waals surface area contributed by atoms with Gasteiger partial charge in [0.05, 0.1) is 4.90 Å². The van der Waals surface area contributed by atoms with Crippen molar-refractivity contribution in [2.45, 2.75) is 36.8 Å². The molecule has 13 heteroatoms. The van der Waals surface area contributed by atoms with Gasteiger partial charge in [-0.25, -0.2) is 23.4 Å². The minimum atomic E-state index is -4.92. The predicted octanol–water partition coefficient (Wildman–Crippen LogP) is 3.81. The Morgan fingerprint density at radius 2 is 1.84 bits per heavy atom. The molecule has 1 unspecified atom stereocenters. The number of rotatable bonds is 8. The van der Waals surface area contributed by atoms with Crippen molar-refractivity contribution in [2.24, 2.45) is 0 Å². The highest BCUT2D eigenvalue weighted by Crippen LogP contribution is 2.27. The summed E-state index contributed by atoms with van der Waals surface area (Å²) in [5, 5.41) is 3.94. The molecule has 170 valence electrons. The molecule has 3 aromatic rings. The van der Waals surface area contributed by atoms with E-state index in [-0.39, 0.29) is 22.9 Å². The van der Waals surface area contributed by atoms with Gasteiger partial charge in [-0.15, -0.1) is 0 Å². The molecule has 0 saturated heterocycles. The van der Waals surface area contributed by atoms with Crippen LogP contribution in [0.25, 0.3) is 5.95 Å². The summed E-state index contributed by atoms with van der Waals surface area (Å²) < 4.78 is 63.3. The molecular formula is C19H17ClF3N5O3S. The lowest BCUT2D eigenvalue weighted by atomic mass is 9.99. The van der Waals surface area contributed by atoms with E-state index >= 15 is 0 Å². The number of carbonyl (C=O) groups is 1. The standard InChI is InChI=1S/C19H17ClF3N5O3S/c1-12(17-26-11-27-28(17)18-24-5-2-6-25-18)3-4-16(29)13-7-14(20)9-15(8-13)32(30,31)10-19(21,22)23/h2,5-9,11-12H,3-4,10H2,1H3. The molecular weight excluding hydrogens is 471 g/mol. The van der Waals surface area contributed by atoms with E-state index in [9.17, 15) is 26.4 Å². The summed E-state index contributed by atoms with van der Waals surface area (Å²) in [6.45, 7) is 1.81. The van der Waals surface area contributed by atoms with Gasteiger partial charge in [-0.1, -0.05) is 18.5 Å². The van der Waals surface area contributed by atoms with Crippen molar-refractivity contribution >= 4 is 27.2 Å². The maximum absolute atomic E-state index is 12.6. The molecule has 0 amide bonds. The van der Waals surface area contributed by atoms with Crippen LogP contribution in [0, 0.1) is 0 Å². The van der Waals surface area contributed by atoms with Gasteiger partial charge >= 0.3 is 6.18 Å². The summed E-state index contributed by atoms with van der Waals surface area (Å²) in [5.41, 5.74) is -0.0849. The van der Waals surface area contributed by atoms with Crippen LogP contribution in [-0.4, -0.2) is 50.9 Å². The highest BCUT2D eigenvalue weighted by molar-refractivity contribution is 7.91. The third kappa shape index (κ3) is 5.88. The van der Waals surface area contributed by atoms with Gasteiger partial charge in [0.15, 0.2) is 21.4 Å². The Labute approximate surface area is 186 Å². The van der Waals surface area contributed by atoms with E-state index in [0.717, 1.165) is 12.1 Å². The summed E-state index contributed by atoms with van der Waals surface area (Å²) in [5.74, 6) is -1.93. The Hall–Kier alpha value is -2.86. The van der Waals surface area contributed by atoms with Crippen LogP contribution in [0.15, 0.2) is 47.9 Å². The second kappa shape index (κ2) is 9.33. The number of aromatic nitrogens is 5. The monoisotopic (exact) mass is 487 g/mol. The molecule has 2 heterocycles. The zero-order valence-electron chi connectivity index (χ0n) is 16.6. The Bertz CT molecular complexity index is 1220. The molecule has 2 aromatic heterocycles. The number of carbonyl (C=O) groups excluding carboxylic acids is 1. The fraction of sp³-hybridized carbons (Fsp3) is 0.316. The van der Waals surface area contributed by atoms with E-state index in [1.165, 1.54) is 17.1 Å². The van der Waals surface area contributed by atoms with Crippen LogP contribution in [0.2, 0.25) is 5.02 Å². The molecule has 1 atom stereocenters. The summed E-state index contributed by atoms with van der Waals surface area (Å²) in [4.78, 5) is 24.4. The van der Waals surface area contributed by atoms with E-state index < -0.39 is 32.4 Å². The number of ketones is 1. The molecule has 32 heavy (non-hydrogen) atoms. The second-order valence-electron chi connectivity index (χ2n) is 6.99. The summed E-state index contributed by atoms with van der Waals surface area (Å²) in [6.07, 6.45) is -0.209. The van der Waals surface area contributed by atoms with E-state index in [1.54, 1.807) is 18.5 Å². The number of hydrogen-bond acceptors (Lipinski definition) is 7. The Kier molecular flexibility index (Phi) is 6.94. The van der Waals surface area contributed by atoms with Gasteiger partial charge in [0.1, 0.15) is 12.2 Å². The number of halogens is 4. The van der Waals surface area contributed by atoms with Gasteiger partial charge in [-0.05, 0) is 30.7 Å². The van der Waals surface area contributed by atoms with Crippen LogP contribution < -0.4 is 0 Å². The Morgan fingerprint density at radius 3 is 2.50 bits per heavy atom. The number of Topliss-reactive ketones (excluding diaryl/α,β-unsaturated/α-hetero) is 1. The average molecular weight is 488 g/mol. The summed E-state index contributed by atoms with van der Waals surface area (Å²) in [7, 11) is -4.70. The van der Waals surface area contributed by atoms with Crippen LogP contribution in [0.3, 0.4) is 0 Å². The minimum Gasteiger partial charge on any atom is -0.294 e. The summed E-state index contributed by atoms with van der Waals surface area (Å²) in [6, 6.07) is 4.68. The third-order valence-corrected chi connectivity index (χ3v) is 6.35. The van der Waals surface area contributed by atoms with Crippen molar-refractivity contribution in [1.29, 1.82) is 0 Å². The van der Waals surface area contributed by atoms with Crippen molar-refractivity contribution in [2.75, 3.05) is 5.75 Å². The molecule has 0 fully saturated rings. The first-order chi connectivity index (χ1) is 15.0. The molecule has 0 aliphatic carbocycles. The maximum atomic E-state index is 12.6. The normalized spacial score (nSPS) is 13.2. The van der Waals surface area contributed by atoms with E-state index in [0.29, 0.717) is 18.2 Å². The van der Waals surface area contributed by atoms with Gasteiger partial charge in [0.25, 0.3) is 5.95 Å². The first kappa shape index (κ1) is 23.8. The lowest BCUT2D eigenvalue weighted by molar-refractivity contribution is -0.106. The number of nitrogens with zero attached hydrogens (tertiary/aromatic N) is 5. The lowest BCUT2D eigenvalue weighted by Crippen LogP contribution is -2.23. The first-order valence-corrected chi connectivity index (χ1v) is 11.3. The SMILES string of the molecule is CC(CCC(=O)c1cc(Cl)cc(S(=O)(=O)CC(F)(F)F)c1)c1ncnn1-c1ncccn1. The van der Waals surface area contributed by atoms with Crippen LogP contribution in [0.5, 0.6) is 0 Å². The number of sulfone groups is 1. The minimum absolute atomic E-state index is 0.0250. The third-order valence-electron chi connectivity index (χ3n) is 4.47. The molecule has 0 aliphatic rings.